The van der Waals surface area contributed by atoms with Crippen LogP contribution in [0, 0.1) is 0 Å². The summed E-state index contributed by atoms with van der Waals surface area (Å²) in [5.41, 5.74) is 0. The minimum atomic E-state index is -4.61. The monoisotopic (exact) mass is 1080 g/mol. The van der Waals surface area contributed by atoms with Gasteiger partial charge in [-0.2, -0.15) is 0 Å². The van der Waals surface area contributed by atoms with E-state index in [4.69, 9.17) is 9.05 Å². The van der Waals surface area contributed by atoms with E-state index < -0.39 is 26.6 Å². The maximum atomic E-state index is 13.0. The van der Waals surface area contributed by atoms with E-state index >= 15 is 0 Å². The van der Waals surface area contributed by atoms with Gasteiger partial charge in [-0.3, -0.25) is 9.36 Å². The Morgan fingerprint density at radius 1 is 0.474 bits per heavy atom. The van der Waals surface area contributed by atoms with E-state index in [9.17, 15) is 19.4 Å². The Kier molecular flexibility index (Phi) is 55.2. The van der Waals surface area contributed by atoms with Crippen molar-refractivity contribution in [2.24, 2.45) is 0 Å². The molecule has 0 aromatic carbocycles. The summed E-state index contributed by atoms with van der Waals surface area (Å²) in [6.07, 6.45) is 82.3. The van der Waals surface area contributed by atoms with Crippen molar-refractivity contribution in [1.29, 1.82) is 0 Å². The fraction of sp³-hybridized carbons (Fsp3) is 0.746. The quantitative estimate of drug-likeness (QED) is 0.0272. The number of carbonyl (C=O) groups excluding carboxylic acids is 1. The number of carbonyl (C=O) groups is 1. The average molecular weight is 1080 g/mol. The Bertz CT molecular complexity index is 1560. The fourth-order valence-corrected chi connectivity index (χ4v) is 9.58. The number of hydrogen-bond acceptors (Lipinski definition) is 6. The van der Waals surface area contributed by atoms with Gasteiger partial charge in [0, 0.05) is 6.42 Å². The second-order valence-electron chi connectivity index (χ2n) is 22.4. The van der Waals surface area contributed by atoms with E-state index in [0.717, 1.165) is 77.0 Å². The molecule has 0 saturated carbocycles. The highest BCUT2D eigenvalue weighted by molar-refractivity contribution is 7.45. The summed E-state index contributed by atoms with van der Waals surface area (Å²) < 4.78 is 23.3. The molecular formula is C67H121N2O6P. The number of quaternary nitrogens is 1. The minimum absolute atomic E-state index is 0.0109. The molecule has 0 aromatic heterocycles. The van der Waals surface area contributed by atoms with Crippen LogP contribution in [0.4, 0.5) is 0 Å². The molecule has 0 aliphatic heterocycles. The number of nitrogens with one attached hydrogen (secondary N) is 1. The molecule has 9 heteroatoms. The molecule has 0 bridgehead atoms. The van der Waals surface area contributed by atoms with Gasteiger partial charge in [-0.15, -0.1) is 0 Å². The second-order valence-corrected chi connectivity index (χ2v) is 23.8. The van der Waals surface area contributed by atoms with Crippen molar-refractivity contribution in [2.45, 2.75) is 283 Å². The van der Waals surface area contributed by atoms with Gasteiger partial charge in [0.25, 0.3) is 7.82 Å². The predicted octanol–water partition coefficient (Wildman–Crippen LogP) is 19.1. The molecule has 76 heavy (non-hydrogen) atoms. The maximum absolute atomic E-state index is 13.0. The molecule has 0 aliphatic rings. The number of hydrogen-bond donors (Lipinski definition) is 2. The first kappa shape index (κ1) is 73.4. The van der Waals surface area contributed by atoms with Gasteiger partial charge in [0.05, 0.1) is 39.9 Å². The highest BCUT2D eigenvalue weighted by atomic mass is 31.2. The van der Waals surface area contributed by atoms with Gasteiger partial charge in [0.1, 0.15) is 13.2 Å². The smallest absolute Gasteiger partial charge is 0.268 e. The molecule has 3 unspecified atom stereocenters. The van der Waals surface area contributed by atoms with Crippen LogP contribution in [-0.2, 0) is 18.4 Å². The Morgan fingerprint density at radius 3 is 1.22 bits per heavy atom. The third-order valence-electron chi connectivity index (χ3n) is 13.8. The topological polar surface area (TPSA) is 108 Å². The lowest BCUT2D eigenvalue weighted by Gasteiger charge is -2.29. The van der Waals surface area contributed by atoms with Crippen LogP contribution in [0.15, 0.2) is 97.2 Å². The summed E-state index contributed by atoms with van der Waals surface area (Å²) in [4.78, 5) is 25.5. The number of phosphoric acid groups is 1. The molecule has 0 heterocycles. The number of amides is 1. The summed E-state index contributed by atoms with van der Waals surface area (Å²) in [7, 11) is 1.23. The number of allylic oxidation sites excluding steroid dienone is 15. The van der Waals surface area contributed by atoms with Crippen LogP contribution in [0.5, 0.6) is 0 Å². The molecule has 2 N–H and O–H groups in total. The van der Waals surface area contributed by atoms with Crippen molar-refractivity contribution in [3.63, 3.8) is 0 Å². The van der Waals surface area contributed by atoms with Crippen LogP contribution in [-0.4, -0.2) is 68.5 Å². The van der Waals surface area contributed by atoms with Gasteiger partial charge >= 0.3 is 0 Å². The molecular weight excluding hydrogens is 960 g/mol. The summed E-state index contributed by atoms with van der Waals surface area (Å²) in [6.45, 7) is 4.51. The fourth-order valence-electron chi connectivity index (χ4n) is 8.86. The van der Waals surface area contributed by atoms with Gasteiger partial charge in [0.15, 0.2) is 0 Å². The zero-order chi connectivity index (χ0) is 55.6. The number of unbranched alkanes of at least 4 members (excludes halogenated alkanes) is 30. The molecule has 1 amide bonds. The molecule has 0 spiro atoms. The van der Waals surface area contributed by atoms with Gasteiger partial charge in [-0.1, -0.05) is 272 Å². The van der Waals surface area contributed by atoms with Crippen molar-refractivity contribution in [2.75, 3.05) is 40.9 Å². The van der Waals surface area contributed by atoms with Crippen LogP contribution >= 0.6 is 7.82 Å². The zero-order valence-corrected chi connectivity index (χ0v) is 51.1. The van der Waals surface area contributed by atoms with E-state index in [1.54, 1.807) is 6.08 Å². The van der Waals surface area contributed by atoms with E-state index in [0.29, 0.717) is 17.4 Å². The Balaban J connectivity index is 4.04. The third kappa shape index (κ3) is 59.1. The van der Waals surface area contributed by atoms with Crippen LogP contribution in [0.25, 0.3) is 0 Å². The number of phosphoric ester groups is 1. The van der Waals surface area contributed by atoms with E-state index in [-0.39, 0.29) is 12.5 Å². The number of nitrogens with zero attached hydrogens (tertiary/aromatic N) is 1. The van der Waals surface area contributed by atoms with Crippen LogP contribution < -0.4 is 10.2 Å². The Hall–Kier alpha value is -2.58. The predicted molar refractivity (Wildman–Crippen MR) is 329 cm³/mol. The number of rotatable bonds is 57. The lowest BCUT2D eigenvalue weighted by molar-refractivity contribution is -0.870. The first-order chi connectivity index (χ1) is 37.0. The SMILES string of the molecule is CC/C=C\C/C=C\C/C=C\C/C=C\C/C=C\CCCCCCCCCCCCCCCCCCCCCCCC(=O)NC(COP(=O)([O-])OCC[N+](C)(C)C)C(O)/C=C/CC/C=C/CC/C=C/CCCCCCCCC. The van der Waals surface area contributed by atoms with Crippen molar-refractivity contribution in [1.82, 2.24) is 5.32 Å². The number of aliphatic hydroxyl groups is 1. The van der Waals surface area contributed by atoms with Crippen molar-refractivity contribution in [3.8, 4) is 0 Å². The average Bonchev–Trinajstić information content (AvgIpc) is 3.38. The summed E-state index contributed by atoms with van der Waals surface area (Å²) in [5.74, 6) is -0.210. The van der Waals surface area contributed by atoms with Crippen LogP contribution in [0.2, 0.25) is 0 Å². The minimum Gasteiger partial charge on any atom is -0.756 e. The molecule has 0 saturated heterocycles. The van der Waals surface area contributed by atoms with Gasteiger partial charge in [-0.25, -0.2) is 0 Å². The zero-order valence-electron chi connectivity index (χ0n) is 50.2. The third-order valence-corrected chi connectivity index (χ3v) is 14.7. The summed E-state index contributed by atoms with van der Waals surface area (Å²) >= 11 is 0. The molecule has 0 fully saturated rings. The highest BCUT2D eigenvalue weighted by Crippen LogP contribution is 2.38. The molecule has 0 aromatic rings. The summed E-state index contributed by atoms with van der Waals surface area (Å²) in [6, 6.07) is -0.913. The standard InChI is InChI=1S/C67H121N2O6P/c1-6-8-10-12-14-16-18-20-22-24-25-26-27-28-29-30-31-32-33-34-35-36-37-38-39-40-41-42-43-45-47-49-51-53-55-57-59-61-67(71)68-65(64-75-76(72,73)74-63-62-69(3,4)5)66(70)60-58-56-54-52-50-48-46-44-23-21-19-17-15-13-11-9-7-2/h8,10,14,16,20,22-23,25-26,28-29,44,50,52,58,60,65-66,70H,6-7,9,11-13,15,17-19,21,24,27,30-43,45-49,51,53-57,59,61-64H2,1-5H3,(H-,68,71,72,73)/b10-8-,16-14-,22-20-,26-25-,29-28-,44-23+,52-50+,60-58+. The molecule has 0 rings (SSSR count). The van der Waals surface area contributed by atoms with E-state index in [1.165, 1.54) is 173 Å². The van der Waals surface area contributed by atoms with Gasteiger partial charge < -0.3 is 28.8 Å². The molecule has 0 radical (unpaired) electrons. The first-order valence-corrected chi connectivity index (χ1v) is 33.1. The molecule has 0 aliphatic carbocycles. The highest BCUT2D eigenvalue weighted by Gasteiger charge is 2.23. The van der Waals surface area contributed by atoms with Crippen molar-refractivity contribution >= 4 is 13.7 Å². The number of likely N-dealkylation sites (N-methyl/N-ethyl adjacent to an activating group) is 1. The second kappa shape index (κ2) is 57.1. The van der Waals surface area contributed by atoms with Crippen LogP contribution in [0.3, 0.4) is 0 Å². The first-order valence-electron chi connectivity index (χ1n) is 31.6. The molecule has 3 atom stereocenters. The van der Waals surface area contributed by atoms with E-state index in [2.05, 4.69) is 104 Å². The van der Waals surface area contributed by atoms with Crippen molar-refractivity contribution in [3.05, 3.63) is 97.2 Å². The summed E-state index contributed by atoms with van der Waals surface area (Å²) in [5, 5.41) is 13.9. The van der Waals surface area contributed by atoms with Gasteiger partial charge in [0.2, 0.25) is 5.91 Å². The largest absolute Gasteiger partial charge is 0.756 e. The Labute approximate surface area is 470 Å². The normalized spacial score (nSPS) is 14.5. The van der Waals surface area contributed by atoms with Crippen molar-refractivity contribution < 1.29 is 32.9 Å². The maximum Gasteiger partial charge on any atom is 0.268 e. The molecule has 8 nitrogen and oxygen atoms in total. The number of aliphatic hydroxyl groups excluding tert-OH is 1. The van der Waals surface area contributed by atoms with Crippen LogP contribution in [0.1, 0.15) is 271 Å². The van der Waals surface area contributed by atoms with Gasteiger partial charge in [-0.05, 0) is 89.9 Å². The van der Waals surface area contributed by atoms with E-state index in [1.807, 2.05) is 27.2 Å². The lowest BCUT2D eigenvalue weighted by Crippen LogP contribution is -2.45. The molecule has 440 valence electrons. The lowest BCUT2D eigenvalue weighted by atomic mass is 10.0. The Morgan fingerprint density at radius 2 is 0.816 bits per heavy atom.